The first-order chi connectivity index (χ1) is 9.55. The van der Waals surface area contributed by atoms with Crippen LogP contribution in [0, 0.1) is 0 Å². The molecule has 20 heavy (non-hydrogen) atoms. The predicted octanol–water partition coefficient (Wildman–Crippen LogP) is 0.307. The van der Waals surface area contributed by atoms with E-state index in [9.17, 15) is 9.59 Å². The number of carbonyl (C=O) groups excluding carboxylic acids is 1. The van der Waals surface area contributed by atoms with Crippen LogP contribution < -0.4 is 10.8 Å². The molecule has 1 aliphatic carbocycles. The molecular weight excluding hydrogens is 262 g/mol. The fourth-order valence-electron chi connectivity index (χ4n) is 1.70. The monoisotopic (exact) mass is 277 g/mol. The molecule has 1 aliphatic rings. The number of carbonyl (C=O) groups is 2. The standard InChI is InChI=1S/C13H15N3O4/c17-11(16-20)4-2-9-1-3-10(14-7-9)8-15-13(5-6-13)12(18)19/h1-4,7,15,20H,5-6,8H2,(H,16,17)(H,18,19). The number of carboxylic acids is 1. The van der Waals surface area contributed by atoms with E-state index in [0.717, 1.165) is 5.69 Å². The molecule has 0 radical (unpaired) electrons. The van der Waals surface area contributed by atoms with Crippen molar-refractivity contribution in [2.75, 3.05) is 0 Å². The van der Waals surface area contributed by atoms with Crippen molar-refractivity contribution in [1.82, 2.24) is 15.8 Å². The molecule has 0 spiro atoms. The zero-order chi connectivity index (χ0) is 14.6. The van der Waals surface area contributed by atoms with Gasteiger partial charge in [-0.1, -0.05) is 6.07 Å². The number of nitrogens with one attached hydrogen (secondary N) is 2. The van der Waals surface area contributed by atoms with Crippen molar-refractivity contribution in [2.45, 2.75) is 24.9 Å². The number of aliphatic carboxylic acids is 1. The Labute approximate surface area is 115 Å². The molecule has 0 unspecified atom stereocenters. The summed E-state index contributed by atoms with van der Waals surface area (Å²) >= 11 is 0. The van der Waals surface area contributed by atoms with Crippen LogP contribution in [0.5, 0.6) is 0 Å². The summed E-state index contributed by atoms with van der Waals surface area (Å²) in [4.78, 5) is 26.0. The minimum Gasteiger partial charge on any atom is -0.480 e. The summed E-state index contributed by atoms with van der Waals surface area (Å²) in [6, 6.07) is 3.51. The van der Waals surface area contributed by atoms with Gasteiger partial charge >= 0.3 is 5.97 Å². The normalized spacial score (nSPS) is 16.1. The lowest BCUT2D eigenvalue weighted by atomic mass is 10.2. The Kier molecular flexibility index (Phi) is 4.11. The first-order valence-electron chi connectivity index (χ1n) is 6.11. The number of rotatable bonds is 6. The summed E-state index contributed by atoms with van der Waals surface area (Å²) in [5.74, 6) is -1.44. The quantitative estimate of drug-likeness (QED) is 0.338. The molecule has 0 aromatic carbocycles. The van der Waals surface area contributed by atoms with Crippen molar-refractivity contribution >= 4 is 18.0 Å². The summed E-state index contributed by atoms with van der Waals surface area (Å²) in [5, 5.41) is 20.3. The van der Waals surface area contributed by atoms with Crippen LogP contribution in [0.4, 0.5) is 0 Å². The third-order valence-corrected chi connectivity index (χ3v) is 3.15. The summed E-state index contributed by atoms with van der Waals surface area (Å²) in [6.45, 7) is 0.382. The minimum atomic E-state index is -0.827. The second kappa shape index (κ2) is 5.81. The van der Waals surface area contributed by atoms with E-state index in [1.54, 1.807) is 18.3 Å². The van der Waals surface area contributed by atoms with E-state index in [-0.39, 0.29) is 0 Å². The zero-order valence-corrected chi connectivity index (χ0v) is 10.7. The molecule has 7 heteroatoms. The van der Waals surface area contributed by atoms with Gasteiger partial charge in [0, 0.05) is 18.8 Å². The van der Waals surface area contributed by atoms with Crippen molar-refractivity contribution in [1.29, 1.82) is 0 Å². The molecule has 1 aromatic rings. The molecule has 1 aromatic heterocycles. The van der Waals surface area contributed by atoms with Crippen LogP contribution in [0.2, 0.25) is 0 Å². The van der Waals surface area contributed by atoms with Gasteiger partial charge in [-0.25, -0.2) is 5.48 Å². The molecule has 4 N–H and O–H groups in total. The average molecular weight is 277 g/mol. The molecule has 1 saturated carbocycles. The molecule has 0 aliphatic heterocycles. The van der Waals surface area contributed by atoms with Gasteiger partial charge in [0.2, 0.25) is 0 Å². The van der Waals surface area contributed by atoms with Gasteiger partial charge in [-0.15, -0.1) is 0 Å². The van der Waals surface area contributed by atoms with Crippen LogP contribution in [0.25, 0.3) is 6.08 Å². The Bertz CT molecular complexity index is 535. The molecule has 1 heterocycles. The van der Waals surface area contributed by atoms with Crippen LogP contribution >= 0.6 is 0 Å². The van der Waals surface area contributed by atoms with Gasteiger partial charge in [-0.3, -0.25) is 25.1 Å². The summed E-state index contributed by atoms with van der Waals surface area (Å²) in [6.07, 6.45) is 5.53. The van der Waals surface area contributed by atoms with Gasteiger partial charge in [0.15, 0.2) is 0 Å². The Morgan fingerprint density at radius 2 is 2.15 bits per heavy atom. The fraction of sp³-hybridized carbons (Fsp3) is 0.308. The average Bonchev–Trinajstić information content (AvgIpc) is 3.25. The molecule has 0 saturated heterocycles. The summed E-state index contributed by atoms with van der Waals surface area (Å²) in [5.41, 5.74) is 2.14. The third kappa shape index (κ3) is 3.40. The van der Waals surface area contributed by atoms with E-state index in [0.29, 0.717) is 24.9 Å². The maximum atomic E-state index is 11.0. The van der Waals surface area contributed by atoms with Gasteiger partial charge in [0.1, 0.15) is 5.54 Å². The molecule has 7 nitrogen and oxygen atoms in total. The molecule has 0 atom stereocenters. The number of pyridine rings is 1. The lowest BCUT2D eigenvalue weighted by molar-refractivity contribution is -0.140. The second-order valence-electron chi connectivity index (χ2n) is 4.63. The Morgan fingerprint density at radius 3 is 2.65 bits per heavy atom. The number of hydroxylamine groups is 1. The Hall–Kier alpha value is -2.25. The largest absolute Gasteiger partial charge is 0.480 e. The van der Waals surface area contributed by atoms with Gasteiger partial charge < -0.3 is 5.11 Å². The minimum absolute atomic E-state index is 0.382. The van der Waals surface area contributed by atoms with Crippen LogP contribution in [0.15, 0.2) is 24.4 Å². The molecule has 0 bridgehead atoms. The van der Waals surface area contributed by atoms with E-state index in [4.69, 9.17) is 10.3 Å². The highest BCUT2D eigenvalue weighted by atomic mass is 16.5. The van der Waals surface area contributed by atoms with E-state index in [1.165, 1.54) is 17.6 Å². The third-order valence-electron chi connectivity index (χ3n) is 3.15. The topological polar surface area (TPSA) is 112 Å². The lowest BCUT2D eigenvalue weighted by Crippen LogP contribution is -2.38. The number of nitrogens with zero attached hydrogens (tertiary/aromatic N) is 1. The highest BCUT2D eigenvalue weighted by molar-refractivity contribution is 5.90. The number of hydrogen-bond donors (Lipinski definition) is 4. The maximum Gasteiger partial charge on any atom is 0.323 e. The van der Waals surface area contributed by atoms with E-state index >= 15 is 0 Å². The number of aromatic nitrogens is 1. The molecule has 2 rings (SSSR count). The van der Waals surface area contributed by atoms with Crippen LogP contribution in [0.1, 0.15) is 24.1 Å². The first-order valence-corrected chi connectivity index (χ1v) is 6.11. The van der Waals surface area contributed by atoms with E-state index in [1.807, 2.05) is 0 Å². The molecular formula is C13H15N3O4. The molecule has 1 fully saturated rings. The fourth-order valence-corrected chi connectivity index (χ4v) is 1.70. The van der Waals surface area contributed by atoms with E-state index in [2.05, 4.69) is 10.3 Å². The SMILES string of the molecule is O=C(C=Cc1ccc(CNC2(C(=O)O)CC2)nc1)NO. The number of hydrogen-bond acceptors (Lipinski definition) is 5. The second-order valence-corrected chi connectivity index (χ2v) is 4.63. The molecule has 1 amide bonds. The Balaban J connectivity index is 1.90. The van der Waals surface area contributed by atoms with Crippen molar-refractivity contribution in [3.63, 3.8) is 0 Å². The number of carboxylic acid groups (broad SMARTS) is 1. The van der Waals surface area contributed by atoms with Gasteiger partial charge in [0.25, 0.3) is 5.91 Å². The lowest BCUT2D eigenvalue weighted by Gasteiger charge is -2.11. The smallest absolute Gasteiger partial charge is 0.323 e. The zero-order valence-electron chi connectivity index (χ0n) is 10.7. The van der Waals surface area contributed by atoms with Crippen molar-refractivity contribution in [3.8, 4) is 0 Å². The highest BCUT2D eigenvalue weighted by Crippen LogP contribution is 2.35. The summed E-state index contributed by atoms with van der Waals surface area (Å²) in [7, 11) is 0. The summed E-state index contributed by atoms with van der Waals surface area (Å²) < 4.78 is 0. The Morgan fingerprint density at radius 1 is 1.40 bits per heavy atom. The van der Waals surface area contributed by atoms with Gasteiger partial charge in [-0.2, -0.15) is 0 Å². The van der Waals surface area contributed by atoms with Crippen LogP contribution in [0.3, 0.4) is 0 Å². The van der Waals surface area contributed by atoms with Crippen LogP contribution in [-0.2, 0) is 16.1 Å². The van der Waals surface area contributed by atoms with Gasteiger partial charge in [-0.05, 0) is 30.5 Å². The predicted molar refractivity (Wildman–Crippen MR) is 69.6 cm³/mol. The highest BCUT2D eigenvalue weighted by Gasteiger charge is 2.49. The van der Waals surface area contributed by atoms with Crippen molar-refractivity contribution in [2.24, 2.45) is 0 Å². The molecule has 106 valence electrons. The first kappa shape index (κ1) is 14.2. The number of amides is 1. The van der Waals surface area contributed by atoms with Gasteiger partial charge in [0.05, 0.1) is 5.69 Å². The van der Waals surface area contributed by atoms with Crippen molar-refractivity contribution in [3.05, 3.63) is 35.7 Å². The van der Waals surface area contributed by atoms with E-state index < -0.39 is 17.4 Å². The maximum absolute atomic E-state index is 11.0. The van der Waals surface area contributed by atoms with Crippen molar-refractivity contribution < 1.29 is 19.9 Å². The van der Waals surface area contributed by atoms with Crippen LogP contribution in [-0.4, -0.2) is 32.7 Å².